The average Bonchev–Trinajstić information content (AvgIpc) is 2.75. The van der Waals surface area contributed by atoms with Crippen LogP contribution in [-0.4, -0.2) is 36.1 Å². The van der Waals surface area contributed by atoms with Crippen molar-refractivity contribution in [3.05, 3.63) is 66.2 Å². The van der Waals surface area contributed by atoms with E-state index >= 15 is 0 Å². The number of hydrogen-bond donors (Lipinski definition) is 1. The van der Waals surface area contributed by atoms with Gasteiger partial charge in [0.25, 0.3) is 5.91 Å². The number of esters is 1. The van der Waals surface area contributed by atoms with Gasteiger partial charge >= 0.3 is 5.97 Å². The summed E-state index contributed by atoms with van der Waals surface area (Å²) < 4.78 is 5.11. The van der Waals surface area contributed by atoms with E-state index in [1.807, 2.05) is 36.4 Å². The Hall–Kier alpha value is -3.48. The van der Waals surface area contributed by atoms with Crippen LogP contribution in [0.5, 0.6) is 0 Å². The molecule has 1 atom stereocenters. The molecule has 3 rings (SSSR count). The second-order valence-corrected chi connectivity index (χ2v) is 6.56. The van der Waals surface area contributed by atoms with Crippen molar-refractivity contribution in [2.45, 2.75) is 32.2 Å². The monoisotopic (exact) mass is 393 g/mol. The second kappa shape index (κ2) is 9.64. The van der Waals surface area contributed by atoms with Crippen LogP contribution < -0.4 is 10.3 Å². The minimum absolute atomic E-state index is 0.171. The summed E-state index contributed by atoms with van der Waals surface area (Å²) in [6.07, 6.45) is 0.693. The van der Waals surface area contributed by atoms with Crippen molar-refractivity contribution in [1.29, 1.82) is 0 Å². The fraction of sp³-hybridized carbons (Fsp3) is 0.273. The van der Waals surface area contributed by atoms with E-state index in [0.717, 1.165) is 5.56 Å². The molecule has 1 aliphatic rings. The van der Waals surface area contributed by atoms with Gasteiger partial charge in [0.15, 0.2) is 0 Å². The van der Waals surface area contributed by atoms with E-state index in [0.29, 0.717) is 12.1 Å². The molecule has 7 nitrogen and oxygen atoms in total. The van der Waals surface area contributed by atoms with Crippen LogP contribution in [0.3, 0.4) is 0 Å². The summed E-state index contributed by atoms with van der Waals surface area (Å²) in [5.41, 5.74) is 1.70. The van der Waals surface area contributed by atoms with E-state index in [4.69, 9.17) is 4.74 Å². The predicted molar refractivity (Wildman–Crippen MR) is 109 cm³/mol. The number of anilines is 1. The van der Waals surface area contributed by atoms with Gasteiger partial charge in [0, 0.05) is 19.3 Å². The molecular formula is C22H23N3O4. The summed E-state index contributed by atoms with van der Waals surface area (Å²) in [5, 5.41) is 8.19. The molecule has 0 saturated carbocycles. The zero-order chi connectivity index (χ0) is 20.6. The average molecular weight is 393 g/mol. The molecule has 0 aromatic heterocycles. The van der Waals surface area contributed by atoms with Gasteiger partial charge in [-0.2, -0.15) is 5.10 Å². The first-order chi connectivity index (χ1) is 14.1. The smallest absolute Gasteiger partial charge is 0.328 e. The maximum absolute atomic E-state index is 12.8. The summed E-state index contributed by atoms with van der Waals surface area (Å²) >= 11 is 0. The standard InChI is InChI=1S/C22H23N3O4/c1-2-29-22(28)19(15-16-9-5-3-6-10-16)23-21(27)18-13-14-20(26)25(24-18)17-11-7-4-8-12-17/h3-12,19H,2,13-15H2,1H3,(H,23,27). The van der Waals surface area contributed by atoms with Crippen molar-refractivity contribution in [3.8, 4) is 0 Å². The largest absolute Gasteiger partial charge is 0.464 e. The summed E-state index contributed by atoms with van der Waals surface area (Å²) in [7, 11) is 0. The lowest BCUT2D eigenvalue weighted by Gasteiger charge is -2.24. The van der Waals surface area contributed by atoms with E-state index in [9.17, 15) is 14.4 Å². The highest BCUT2D eigenvalue weighted by Gasteiger charge is 2.29. The number of amides is 2. The lowest BCUT2D eigenvalue weighted by Crippen LogP contribution is -2.47. The zero-order valence-electron chi connectivity index (χ0n) is 16.2. The molecule has 0 spiro atoms. The number of nitrogens with one attached hydrogen (secondary N) is 1. The Labute approximate surface area is 169 Å². The fourth-order valence-corrected chi connectivity index (χ4v) is 3.02. The van der Waals surface area contributed by atoms with Gasteiger partial charge in [-0.1, -0.05) is 48.5 Å². The maximum Gasteiger partial charge on any atom is 0.328 e. The molecule has 2 aromatic carbocycles. The molecule has 1 N–H and O–H groups in total. The highest BCUT2D eigenvalue weighted by Crippen LogP contribution is 2.19. The topological polar surface area (TPSA) is 88.1 Å². The minimum Gasteiger partial charge on any atom is -0.464 e. The normalized spacial score (nSPS) is 14.7. The van der Waals surface area contributed by atoms with Crippen LogP contribution >= 0.6 is 0 Å². The third-order valence-corrected chi connectivity index (χ3v) is 4.45. The third kappa shape index (κ3) is 5.28. The van der Waals surface area contributed by atoms with E-state index in [1.165, 1.54) is 5.01 Å². The summed E-state index contributed by atoms with van der Waals surface area (Å²) in [6, 6.07) is 17.5. The molecule has 1 heterocycles. The molecule has 0 fully saturated rings. The van der Waals surface area contributed by atoms with Crippen molar-refractivity contribution >= 4 is 29.2 Å². The molecule has 29 heavy (non-hydrogen) atoms. The molecule has 150 valence electrons. The Morgan fingerprint density at radius 3 is 2.38 bits per heavy atom. The summed E-state index contributed by atoms with van der Waals surface area (Å²) in [4.78, 5) is 37.4. The number of rotatable bonds is 7. The number of benzene rings is 2. The Morgan fingerprint density at radius 1 is 1.07 bits per heavy atom. The first-order valence-corrected chi connectivity index (χ1v) is 9.55. The van der Waals surface area contributed by atoms with Gasteiger partial charge in [-0.05, 0) is 24.6 Å². The molecule has 0 radical (unpaired) electrons. The number of hydrazone groups is 1. The Bertz CT molecular complexity index is 897. The van der Waals surface area contributed by atoms with Crippen molar-refractivity contribution < 1.29 is 19.1 Å². The first kappa shape index (κ1) is 20.3. The van der Waals surface area contributed by atoms with E-state index in [2.05, 4.69) is 10.4 Å². The molecule has 0 bridgehead atoms. The Kier molecular flexibility index (Phi) is 6.73. The molecule has 2 amide bonds. The quantitative estimate of drug-likeness (QED) is 0.732. The van der Waals surface area contributed by atoms with Crippen LogP contribution in [0.2, 0.25) is 0 Å². The SMILES string of the molecule is CCOC(=O)C(Cc1ccccc1)NC(=O)C1=NN(c2ccccc2)C(=O)CC1. The molecule has 0 aliphatic carbocycles. The van der Waals surface area contributed by atoms with Gasteiger partial charge in [0.1, 0.15) is 11.8 Å². The summed E-state index contributed by atoms with van der Waals surface area (Å²) in [5.74, 6) is -1.16. The van der Waals surface area contributed by atoms with Gasteiger partial charge in [-0.25, -0.2) is 9.80 Å². The van der Waals surface area contributed by atoms with Crippen LogP contribution in [0.4, 0.5) is 5.69 Å². The maximum atomic E-state index is 12.8. The lowest BCUT2D eigenvalue weighted by atomic mass is 10.0. The molecule has 1 unspecified atom stereocenters. The fourth-order valence-electron chi connectivity index (χ4n) is 3.02. The van der Waals surface area contributed by atoms with Crippen LogP contribution in [0, 0.1) is 0 Å². The van der Waals surface area contributed by atoms with Crippen LogP contribution in [0.1, 0.15) is 25.3 Å². The van der Waals surface area contributed by atoms with Crippen molar-refractivity contribution in [2.24, 2.45) is 5.10 Å². The second-order valence-electron chi connectivity index (χ2n) is 6.56. The number of nitrogens with zero attached hydrogens (tertiary/aromatic N) is 2. The highest BCUT2D eigenvalue weighted by molar-refractivity contribution is 6.40. The number of hydrogen-bond acceptors (Lipinski definition) is 5. The van der Waals surface area contributed by atoms with Gasteiger partial charge in [0.2, 0.25) is 5.91 Å². The number of ether oxygens (including phenoxy) is 1. The molecule has 1 aliphatic heterocycles. The van der Waals surface area contributed by atoms with Gasteiger partial charge in [0.05, 0.1) is 12.3 Å². The molecule has 7 heteroatoms. The van der Waals surface area contributed by atoms with Crippen molar-refractivity contribution in [1.82, 2.24) is 5.32 Å². The van der Waals surface area contributed by atoms with Gasteiger partial charge in [-0.15, -0.1) is 0 Å². The minimum atomic E-state index is -0.838. The van der Waals surface area contributed by atoms with Gasteiger partial charge < -0.3 is 10.1 Å². The Morgan fingerprint density at radius 2 is 1.72 bits per heavy atom. The van der Waals surface area contributed by atoms with Crippen molar-refractivity contribution in [2.75, 3.05) is 11.6 Å². The number of para-hydroxylation sites is 1. The van der Waals surface area contributed by atoms with Gasteiger partial charge in [-0.3, -0.25) is 9.59 Å². The van der Waals surface area contributed by atoms with Crippen LogP contribution in [0.25, 0.3) is 0 Å². The third-order valence-electron chi connectivity index (χ3n) is 4.45. The van der Waals surface area contributed by atoms with E-state index < -0.39 is 17.9 Å². The van der Waals surface area contributed by atoms with E-state index in [1.54, 1.807) is 31.2 Å². The molecule has 2 aromatic rings. The van der Waals surface area contributed by atoms with Crippen LogP contribution in [0.15, 0.2) is 65.8 Å². The first-order valence-electron chi connectivity index (χ1n) is 9.55. The molecule has 0 saturated heterocycles. The number of carbonyl (C=O) groups excluding carboxylic acids is 3. The lowest BCUT2D eigenvalue weighted by molar-refractivity contribution is -0.146. The highest BCUT2D eigenvalue weighted by atomic mass is 16.5. The van der Waals surface area contributed by atoms with E-state index in [-0.39, 0.29) is 31.1 Å². The predicted octanol–water partition coefficient (Wildman–Crippen LogP) is 2.46. The zero-order valence-corrected chi connectivity index (χ0v) is 16.2. The molecular weight excluding hydrogens is 370 g/mol. The number of carbonyl (C=O) groups is 3. The van der Waals surface area contributed by atoms with Crippen molar-refractivity contribution in [3.63, 3.8) is 0 Å². The van der Waals surface area contributed by atoms with Crippen LogP contribution in [-0.2, 0) is 25.5 Å². The Balaban J connectivity index is 1.77. The summed E-state index contributed by atoms with van der Waals surface area (Å²) in [6.45, 7) is 1.94.